The summed E-state index contributed by atoms with van der Waals surface area (Å²) in [6, 6.07) is 0.0531. The van der Waals surface area contributed by atoms with Crippen LogP contribution < -0.4 is 0 Å². The summed E-state index contributed by atoms with van der Waals surface area (Å²) in [6.45, 7) is 8.52. The van der Waals surface area contributed by atoms with E-state index in [2.05, 4.69) is 5.16 Å². The van der Waals surface area contributed by atoms with Crippen molar-refractivity contribution in [1.29, 1.82) is 0 Å². The van der Waals surface area contributed by atoms with E-state index in [1.165, 1.54) is 0 Å². The van der Waals surface area contributed by atoms with Crippen molar-refractivity contribution >= 4 is 17.6 Å². The van der Waals surface area contributed by atoms with Crippen LogP contribution in [0.3, 0.4) is 0 Å². The Morgan fingerprint density at radius 2 is 2.06 bits per heavy atom. The number of rotatable bonds is 5. The number of nitrogens with zero attached hydrogens (tertiary/aromatic N) is 2. The van der Waals surface area contributed by atoms with E-state index in [4.69, 9.17) is 9.94 Å². The Labute approximate surface area is 107 Å². The van der Waals surface area contributed by atoms with Gasteiger partial charge in [0.25, 0.3) is 5.91 Å². The summed E-state index contributed by atoms with van der Waals surface area (Å²) in [7, 11) is 0. The Kier molecular flexibility index (Phi) is 4.69. The van der Waals surface area contributed by atoms with E-state index in [1.807, 2.05) is 27.7 Å². The Hall–Kier alpha value is -1.59. The van der Waals surface area contributed by atoms with Gasteiger partial charge in [-0.05, 0) is 19.8 Å². The molecule has 0 aromatic heterocycles. The van der Waals surface area contributed by atoms with Crippen LogP contribution in [0.2, 0.25) is 0 Å². The molecule has 1 atom stereocenters. The summed E-state index contributed by atoms with van der Waals surface area (Å²) >= 11 is 0. The monoisotopic (exact) mass is 256 g/mol. The fraction of sp³-hybridized carbons (Fsp3) is 0.750. The molecule has 6 heteroatoms. The molecule has 1 heterocycles. The SMILES string of the molecule is CC(C)CN(C(=O)C1CC(C(=O)O)=NO1)C(C)C. The molecule has 0 spiro atoms. The lowest BCUT2D eigenvalue weighted by Crippen LogP contribution is -2.45. The molecule has 0 saturated carbocycles. The van der Waals surface area contributed by atoms with Crippen molar-refractivity contribution in [2.45, 2.75) is 46.3 Å². The molecule has 0 fully saturated rings. The normalized spacial score (nSPS) is 18.8. The van der Waals surface area contributed by atoms with Gasteiger partial charge in [-0.15, -0.1) is 0 Å². The van der Waals surface area contributed by atoms with Crippen molar-refractivity contribution in [2.24, 2.45) is 11.1 Å². The van der Waals surface area contributed by atoms with Crippen LogP contribution in [0, 0.1) is 5.92 Å². The van der Waals surface area contributed by atoms with E-state index >= 15 is 0 Å². The number of carbonyl (C=O) groups is 2. The first-order valence-electron chi connectivity index (χ1n) is 6.09. The van der Waals surface area contributed by atoms with Gasteiger partial charge in [-0.2, -0.15) is 0 Å². The molecule has 0 radical (unpaired) electrons. The van der Waals surface area contributed by atoms with Gasteiger partial charge in [0.1, 0.15) is 0 Å². The molecule has 0 aromatic rings. The molecule has 1 amide bonds. The molecule has 1 N–H and O–H groups in total. The van der Waals surface area contributed by atoms with E-state index in [0.29, 0.717) is 12.5 Å². The molecule has 102 valence electrons. The summed E-state index contributed by atoms with van der Waals surface area (Å²) in [5.41, 5.74) is -0.0957. The van der Waals surface area contributed by atoms with E-state index in [0.717, 1.165) is 0 Å². The molecule has 0 aliphatic carbocycles. The fourth-order valence-corrected chi connectivity index (χ4v) is 1.77. The second-order valence-corrected chi connectivity index (χ2v) is 5.12. The average molecular weight is 256 g/mol. The summed E-state index contributed by atoms with van der Waals surface area (Å²) < 4.78 is 0. The van der Waals surface area contributed by atoms with Gasteiger partial charge >= 0.3 is 5.97 Å². The minimum absolute atomic E-state index is 0.0372. The van der Waals surface area contributed by atoms with Gasteiger partial charge in [0.15, 0.2) is 5.71 Å². The van der Waals surface area contributed by atoms with Crippen LogP contribution in [0.25, 0.3) is 0 Å². The molecule has 0 aromatic carbocycles. The van der Waals surface area contributed by atoms with Crippen LogP contribution in [0.5, 0.6) is 0 Å². The fourth-order valence-electron chi connectivity index (χ4n) is 1.77. The molecule has 1 aliphatic rings. The predicted octanol–water partition coefficient (Wildman–Crippen LogP) is 1.11. The van der Waals surface area contributed by atoms with Gasteiger partial charge in [0.2, 0.25) is 6.10 Å². The number of aliphatic carboxylic acids is 1. The van der Waals surface area contributed by atoms with Crippen molar-refractivity contribution < 1.29 is 19.5 Å². The van der Waals surface area contributed by atoms with Gasteiger partial charge in [0, 0.05) is 19.0 Å². The van der Waals surface area contributed by atoms with Crippen LogP contribution in [0.4, 0.5) is 0 Å². The number of hydrogen-bond donors (Lipinski definition) is 1. The third-order valence-electron chi connectivity index (χ3n) is 2.66. The number of oxime groups is 1. The van der Waals surface area contributed by atoms with E-state index < -0.39 is 12.1 Å². The molecule has 18 heavy (non-hydrogen) atoms. The van der Waals surface area contributed by atoms with Crippen LogP contribution in [-0.2, 0) is 14.4 Å². The number of carboxylic acids is 1. The van der Waals surface area contributed by atoms with Crippen molar-refractivity contribution in [2.75, 3.05) is 6.54 Å². The second kappa shape index (κ2) is 5.84. The highest BCUT2D eigenvalue weighted by atomic mass is 16.6. The molecule has 0 bridgehead atoms. The van der Waals surface area contributed by atoms with Gasteiger partial charge in [0.05, 0.1) is 0 Å². The number of amides is 1. The van der Waals surface area contributed by atoms with Crippen LogP contribution in [0.15, 0.2) is 5.16 Å². The highest BCUT2D eigenvalue weighted by molar-refractivity contribution is 6.36. The van der Waals surface area contributed by atoms with Gasteiger partial charge in [-0.3, -0.25) is 4.79 Å². The van der Waals surface area contributed by atoms with Crippen LogP contribution in [-0.4, -0.2) is 46.3 Å². The summed E-state index contributed by atoms with van der Waals surface area (Å²) in [4.78, 5) is 29.6. The number of carboxylic acid groups (broad SMARTS) is 1. The molecule has 1 unspecified atom stereocenters. The second-order valence-electron chi connectivity index (χ2n) is 5.12. The summed E-state index contributed by atoms with van der Waals surface area (Å²) in [6.07, 6.45) is -0.757. The lowest BCUT2D eigenvalue weighted by atomic mass is 10.1. The smallest absolute Gasteiger partial charge is 0.353 e. The van der Waals surface area contributed by atoms with Crippen molar-refractivity contribution in [3.05, 3.63) is 0 Å². The summed E-state index contributed by atoms with van der Waals surface area (Å²) in [5, 5.41) is 12.2. The highest BCUT2D eigenvalue weighted by Crippen LogP contribution is 2.16. The Bertz CT molecular complexity index is 363. The molecule has 1 aliphatic heterocycles. The van der Waals surface area contributed by atoms with Crippen molar-refractivity contribution in [3.63, 3.8) is 0 Å². The maximum absolute atomic E-state index is 12.2. The van der Waals surface area contributed by atoms with Crippen molar-refractivity contribution in [1.82, 2.24) is 4.90 Å². The van der Waals surface area contributed by atoms with Gasteiger partial charge in [-0.25, -0.2) is 4.79 Å². The maximum atomic E-state index is 12.2. The van der Waals surface area contributed by atoms with E-state index in [-0.39, 0.29) is 24.1 Å². The first kappa shape index (κ1) is 14.5. The molecule has 6 nitrogen and oxygen atoms in total. The van der Waals surface area contributed by atoms with Crippen LogP contribution in [0.1, 0.15) is 34.1 Å². The third-order valence-corrected chi connectivity index (χ3v) is 2.66. The standard InChI is InChI=1S/C12H20N2O4/c1-7(2)6-14(8(3)4)11(15)10-5-9(12(16)17)13-18-10/h7-8,10H,5-6H2,1-4H3,(H,16,17). The zero-order chi connectivity index (χ0) is 13.9. The first-order chi connectivity index (χ1) is 8.32. The average Bonchev–Trinajstić information content (AvgIpc) is 2.73. The Morgan fingerprint density at radius 1 is 1.44 bits per heavy atom. The van der Waals surface area contributed by atoms with Crippen LogP contribution >= 0.6 is 0 Å². The van der Waals surface area contributed by atoms with E-state index in [9.17, 15) is 9.59 Å². The summed E-state index contributed by atoms with van der Waals surface area (Å²) in [5.74, 6) is -0.985. The van der Waals surface area contributed by atoms with E-state index in [1.54, 1.807) is 4.90 Å². The Balaban J connectivity index is 2.66. The Morgan fingerprint density at radius 3 is 2.44 bits per heavy atom. The quantitative estimate of drug-likeness (QED) is 0.799. The van der Waals surface area contributed by atoms with Gasteiger partial charge in [-0.1, -0.05) is 19.0 Å². The van der Waals surface area contributed by atoms with Gasteiger partial charge < -0.3 is 14.8 Å². The third kappa shape index (κ3) is 3.45. The molecule has 1 rings (SSSR count). The maximum Gasteiger partial charge on any atom is 0.353 e. The van der Waals surface area contributed by atoms with Crippen molar-refractivity contribution in [3.8, 4) is 0 Å². The highest BCUT2D eigenvalue weighted by Gasteiger charge is 2.35. The molecular weight excluding hydrogens is 236 g/mol. The largest absolute Gasteiger partial charge is 0.477 e. The zero-order valence-corrected chi connectivity index (χ0v) is 11.2. The lowest BCUT2D eigenvalue weighted by Gasteiger charge is -2.29. The molecule has 0 saturated heterocycles. The number of carbonyl (C=O) groups excluding carboxylic acids is 1. The zero-order valence-electron chi connectivity index (χ0n) is 11.2. The molecular formula is C12H20N2O4. The lowest BCUT2D eigenvalue weighted by molar-refractivity contribution is -0.144. The number of hydrogen-bond acceptors (Lipinski definition) is 4. The predicted molar refractivity (Wildman–Crippen MR) is 66.2 cm³/mol. The first-order valence-corrected chi connectivity index (χ1v) is 6.09. The minimum atomic E-state index is -1.13. The topological polar surface area (TPSA) is 79.2 Å². The minimum Gasteiger partial charge on any atom is -0.477 e.